The zero-order valence-corrected chi connectivity index (χ0v) is 15.1. The van der Waals surface area contributed by atoms with Gasteiger partial charge in [-0.1, -0.05) is 0 Å². The Morgan fingerprint density at radius 1 is 1.33 bits per heavy atom. The molecule has 1 aromatic carbocycles. The number of halogens is 1. The average molecular weight is 351 g/mol. The monoisotopic (exact) mass is 351 g/mol. The Hall–Kier alpha value is -1.89. The number of aryl methyl sites for hydroxylation is 2. The van der Waals surface area contributed by atoms with E-state index in [1.54, 1.807) is 23.9 Å². The molecule has 0 aliphatic carbocycles. The van der Waals surface area contributed by atoms with Gasteiger partial charge in [0, 0.05) is 18.3 Å². The van der Waals surface area contributed by atoms with Crippen LogP contribution in [-0.4, -0.2) is 24.2 Å². The molecule has 2 heterocycles. The van der Waals surface area contributed by atoms with Crippen LogP contribution in [0, 0.1) is 12.7 Å². The second-order valence-electron chi connectivity index (χ2n) is 6.61. The number of hydrogen-bond acceptors (Lipinski definition) is 3. The molecule has 7 heteroatoms. The molecule has 1 atom stereocenters. The quantitative estimate of drug-likeness (QED) is 0.851. The first kappa shape index (κ1) is 17.0. The minimum Gasteiger partial charge on any atom is -0.269 e. The van der Waals surface area contributed by atoms with Crippen molar-refractivity contribution in [2.24, 2.45) is 0 Å². The number of benzene rings is 1. The SMILES string of the molecule is Cc1nn(C(C)C)cc1S(=O)(=O)N1c2ccc(F)cc2CCC1C. The number of anilines is 1. The van der Waals surface area contributed by atoms with Crippen LogP contribution in [0.4, 0.5) is 10.1 Å². The van der Waals surface area contributed by atoms with Crippen LogP contribution in [0.5, 0.6) is 0 Å². The Balaban J connectivity index is 2.13. The van der Waals surface area contributed by atoms with Crippen LogP contribution in [-0.2, 0) is 16.4 Å². The first-order valence-electron chi connectivity index (χ1n) is 8.10. The summed E-state index contributed by atoms with van der Waals surface area (Å²) in [5.74, 6) is -0.343. The fraction of sp³-hybridized carbons (Fsp3) is 0.471. The van der Waals surface area contributed by atoms with Gasteiger partial charge in [-0.05, 0) is 64.3 Å². The summed E-state index contributed by atoms with van der Waals surface area (Å²) in [5, 5.41) is 4.32. The maximum absolute atomic E-state index is 13.5. The highest BCUT2D eigenvalue weighted by molar-refractivity contribution is 7.93. The highest BCUT2D eigenvalue weighted by atomic mass is 32.2. The van der Waals surface area contributed by atoms with E-state index in [1.165, 1.54) is 16.4 Å². The van der Waals surface area contributed by atoms with Gasteiger partial charge in [-0.25, -0.2) is 12.8 Å². The summed E-state index contributed by atoms with van der Waals surface area (Å²) >= 11 is 0. The van der Waals surface area contributed by atoms with E-state index < -0.39 is 10.0 Å². The van der Waals surface area contributed by atoms with Gasteiger partial charge < -0.3 is 0 Å². The summed E-state index contributed by atoms with van der Waals surface area (Å²) in [6.07, 6.45) is 2.91. The van der Waals surface area contributed by atoms with Crippen LogP contribution in [0.2, 0.25) is 0 Å². The minimum absolute atomic E-state index is 0.0767. The van der Waals surface area contributed by atoms with E-state index in [4.69, 9.17) is 0 Å². The molecule has 0 amide bonds. The maximum Gasteiger partial charge on any atom is 0.267 e. The first-order chi connectivity index (χ1) is 11.2. The molecule has 0 fully saturated rings. The number of rotatable bonds is 3. The molecule has 0 saturated carbocycles. The lowest BCUT2D eigenvalue weighted by molar-refractivity contribution is 0.528. The Bertz CT molecular complexity index is 874. The fourth-order valence-electron chi connectivity index (χ4n) is 3.14. The summed E-state index contributed by atoms with van der Waals surface area (Å²) in [5.41, 5.74) is 1.77. The van der Waals surface area contributed by atoms with E-state index in [2.05, 4.69) is 5.10 Å². The van der Waals surface area contributed by atoms with Crippen LogP contribution >= 0.6 is 0 Å². The molecule has 5 nitrogen and oxygen atoms in total. The Labute approximate surface area is 142 Å². The van der Waals surface area contributed by atoms with Crippen LogP contribution in [0.25, 0.3) is 0 Å². The molecule has 0 saturated heterocycles. The van der Waals surface area contributed by atoms with Gasteiger partial charge in [-0.2, -0.15) is 5.10 Å². The lowest BCUT2D eigenvalue weighted by Crippen LogP contribution is -2.42. The third kappa shape index (κ3) is 2.70. The van der Waals surface area contributed by atoms with Crippen LogP contribution in [0.15, 0.2) is 29.3 Å². The van der Waals surface area contributed by atoms with E-state index >= 15 is 0 Å². The van der Waals surface area contributed by atoms with Crippen LogP contribution < -0.4 is 4.31 Å². The zero-order chi connectivity index (χ0) is 17.6. The van der Waals surface area contributed by atoms with Crippen LogP contribution in [0.3, 0.4) is 0 Å². The van der Waals surface area contributed by atoms with Crippen molar-refractivity contribution in [3.63, 3.8) is 0 Å². The van der Waals surface area contributed by atoms with E-state index in [1.807, 2.05) is 20.8 Å². The minimum atomic E-state index is -3.75. The maximum atomic E-state index is 13.5. The molecule has 2 aromatic rings. The number of sulfonamides is 1. The lowest BCUT2D eigenvalue weighted by atomic mass is 9.99. The predicted molar refractivity (Wildman–Crippen MR) is 91.2 cm³/mol. The lowest BCUT2D eigenvalue weighted by Gasteiger charge is -2.35. The van der Waals surface area contributed by atoms with Gasteiger partial charge in [0.1, 0.15) is 10.7 Å². The Kier molecular flexibility index (Phi) is 4.15. The van der Waals surface area contributed by atoms with Crippen molar-refractivity contribution < 1.29 is 12.8 Å². The van der Waals surface area contributed by atoms with Gasteiger partial charge in [-0.3, -0.25) is 8.99 Å². The summed E-state index contributed by atoms with van der Waals surface area (Å²) in [6.45, 7) is 7.48. The summed E-state index contributed by atoms with van der Waals surface area (Å²) in [6, 6.07) is 4.18. The first-order valence-corrected chi connectivity index (χ1v) is 9.54. The van der Waals surface area contributed by atoms with Crippen molar-refractivity contribution >= 4 is 15.7 Å². The Morgan fingerprint density at radius 3 is 2.67 bits per heavy atom. The average Bonchev–Trinajstić information content (AvgIpc) is 2.90. The molecule has 1 aliphatic heterocycles. The molecule has 0 bridgehead atoms. The van der Waals surface area contributed by atoms with Gasteiger partial charge in [0.05, 0.1) is 11.4 Å². The summed E-state index contributed by atoms with van der Waals surface area (Å²) in [7, 11) is -3.75. The van der Waals surface area contributed by atoms with Crippen molar-refractivity contribution in [3.05, 3.63) is 41.5 Å². The second-order valence-corrected chi connectivity index (χ2v) is 8.40. The van der Waals surface area contributed by atoms with Gasteiger partial charge >= 0.3 is 0 Å². The summed E-state index contributed by atoms with van der Waals surface area (Å²) in [4.78, 5) is 0.209. The molecular weight excluding hydrogens is 329 g/mol. The summed E-state index contributed by atoms with van der Waals surface area (Å²) < 4.78 is 43.1. The van der Waals surface area contributed by atoms with Crippen molar-refractivity contribution in [3.8, 4) is 0 Å². The van der Waals surface area contributed by atoms with Crippen molar-refractivity contribution in [2.75, 3.05) is 4.31 Å². The molecule has 1 unspecified atom stereocenters. The van der Waals surface area contributed by atoms with Gasteiger partial charge in [0.25, 0.3) is 10.0 Å². The third-order valence-electron chi connectivity index (χ3n) is 4.45. The van der Waals surface area contributed by atoms with E-state index in [0.29, 0.717) is 24.2 Å². The van der Waals surface area contributed by atoms with Gasteiger partial charge in [0.15, 0.2) is 0 Å². The number of hydrogen-bond donors (Lipinski definition) is 0. The smallest absolute Gasteiger partial charge is 0.267 e. The number of fused-ring (bicyclic) bond motifs is 1. The zero-order valence-electron chi connectivity index (χ0n) is 14.3. The molecule has 130 valence electrons. The molecule has 24 heavy (non-hydrogen) atoms. The largest absolute Gasteiger partial charge is 0.269 e. The van der Waals surface area contributed by atoms with E-state index in [-0.39, 0.29) is 22.8 Å². The highest BCUT2D eigenvalue weighted by Crippen LogP contribution is 2.36. The molecule has 0 radical (unpaired) electrons. The molecule has 0 N–H and O–H groups in total. The standard InChI is InChI=1S/C17H22FN3O2S/c1-11(2)20-10-17(13(4)19-20)24(22,23)21-12(3)5-6-14-9-15(18)7-8-16(14)21/h7-12H,5-6H2,1-4H3. The predicted octanol–water partition coefficient (Wildman–Crippen LogP) is 3.44. The normalized spacial score (nSPS) is 18.1. The van der Waals surface area contributed by atoms with Crippen molar-refractivity contribution in [1.29, 1.82) is 0 Å². The van der Waals surface area contributed by atoms with Gasteiger partial charge in [0.2, 0.25) is 0 Å². The van der Waals surface area contributed by atoms with E-state index in [9.17, 15) is 12.8 Å². The van der Waals surface area contributed by atoms with Crippen molar-refractivity contribution in [1.82, 2.24) is 9.78 Å². The Morgan fingerprint density at radius 2 is 2.04 bits per heavy atom. The van der Waals surface area contributed by atoms with Crippen molar-refractivity contribution in [2.45, 2.75) is 57.5 Å². The third-order valence-corrected chi connectivity index (χ3v) is 6.48. The fourth-order valence-corrected chi connectivity index (χ4v) is 5.03. The topological polar surface area (TPSA) is 55.2 Å². The molecule has 1 aliphatic rings. The van der Waals surface area contributed by atoms with E-state index in [0.717, 1.165) is 5.56 Å². The molecule has 1 aromatic heterocycles. The molecular formula is C17H22FN3O2S. The van der Waals surface area contributed by atoms with Gasteiger partial charge in [-0.15, -0.1) is 0 Å². The molecule has 3 rings (SSSR count). The molecule has 0 spiro atoms. The van der Waals surface area contributed by atoms with Crippen LogP contribution in [0.1, 0.15) is 44.5 Å². The number of aromatic nitrogens is 2. The second kappa shape index (κ2) is 5.88. The highest BCUT2D eigenvalue weighted by Gasteiger charge is 2.36. The number of nitrogens with zero attached hydrogens (tertiary/aromatic N) is 3.